The Bertz CT molecular complexity index is 1010. The average Bonchev–Trinajstić information content (AvgIpc) is 2.74. The van der Waals surface area contributed by atoms with Crippen molar-refractivity contribution in [1.29, 1.82) is 0 Å². The molecule has 1 heterocycles. The van der Waals surface area contributed by atoms with Gasteiger partial charge in [0.15, 0.2) is 17.3 Å². The number of carbonyl (C=O) groups excluding carboxylic acids is 2. The van der Waals surface area contributed by atoms with Crippen LogP contribution in [0, 0.1) is 6.92 Å². The zero-order valence-corrected chi connectivity index (χ0v) is 17.4. The molecule has 6 nitrogen and oxygen atoms in total. The molecule has 2 aromatic rings. The molecule has 0 aromatic heterocycles. The van der Waals surface area contributed by atoms with Gasteiger partial charge in [0.25, 0.3) is 0 Å². The Labute approximate surface area is 175 Å². The van der Waals surface area contributed by atoms with Gasteiger partial charge < -0.3 is 14.6 Å². The first-order chi connectivity index (χ1) is 14.4. The summed E-state index contributed by atoms with van der Waals surface area (Å²) in [5.74, 6) is 0.0215. The monoisotopic (exact) mass is 407 g/mol. The molecule has 0 spiro atoms. The lowest BCUT2D eigenvalue weighted by Crippen LogP contribution is -2.40. The largest absolute Gasteiger partial charge is 0.502 e. The van der Waals surface area contributed by atoms with Crippen LogP contribution in [0.1, 0.15) is 42.7 Å². The van der Waals surface area contributed by atoms with Crippen molar-refractivity contribution in [3.63, 3.8) is 0 Å². The highest BCUT2D eigenvalue weighted by Gasteiger charge is 2.40. The summed E-state index contributed by atoms with van der Waals surface area (Å²) in [6.45, 7) is 2.00. The fraction of sp³-hybridized carbons (Fsp3) is 0.333. The molecule has 1 atom stereocenters. The fourth-order valence-corrected chi connectivity index (χ4v) is 4.39. The lowest BCUT2D eigenvalue weighted by atomic mass is 9.77. The molecule has 2 aromatic carbocycles. The van der Waals surface area contributed by atoms with E-state index in [1.165, 1.54) is 14.2 Å². The molecule has 156 valence electrons. The van der Waals surface area contributed by atoms with E-state index < -0.39 is 5.92 Å². The van der Waals surface area contributed by atoms with Gasteiger partial charge in [-0.1, -0.05) is 17.7 Å². The van der Waals surface area contributed by atoms with Crippen LogP contribution in [-0.4, -0.2) is 31.0 Å². The highest BCUT2D eigenvalue weighted by Crippen LogP contribution is 2.47. The van der Waals surface area contributed by atoms with Crippen molar-refractivity contribution in [2.45, 2.75) is 38.5 Å². The number of amides is 1. The second kappa shape index (κ2) is 7.86. The zero-order chi connectivity index (χ0) is 21.4. The Balaban J connectivity index is 1.87. The molecule has 1 aliphatic carbocycles. The number of Topliss-reactive ketones (excluding diaryl/α,β-unsaturated/α-hetero) is 1. The highest BCUT2D eigenvalue weighted by atomic mass is 16.5. The van der Waals surface area contributed by atoms with Gasteiger partial charge in [-0.3, -0.25) is 14.5 Å². The Hall–Kier alpha value is -3.28. The number of methoxy groups -OCH3 is 2. The Morgan fingerprint density at radius 1 is 1.00 bits per heavy atom. The molecule has 1 N–H and O–H groups in total. The van der Waals surface area contributed by atoms with E-state index in [2.05, 4.69) is 0 Å². The number of phenolic OH excluding ortho intramolecular Hbond substituents is 1. The third-order valence-electron chi connectivity index (χ3n) is 5.87. The van der Waals surface area contributed by atoms with Crippen LogP contribution in [0.3, 0.4) is 0 Å². The normalized spacial score (nSPS) is 19.0. The van der Waals surface area contributed by atoms with E-state index in [1.807, 2.05) is 31.2 Å². The highest BCUT2D eigenvalue weighted by molar-refractivity contribution is 6.07. The second-order valence-electron chi connectivity index (χ2n) is 7.73. The average molecular weight is 407 g/mol. The van der Waals surface area contributed by atoms with E-state index in [0.717, 1.165) is 28.9 Å². The smallest absolute Gasteiger partial charge is 0.232 e. The van der Waals surface area contributed by atoms with Gasteiger partial charge in [0.2, 0.25) is 11.7 Å². The van der Waals surface area contributed by atoms with E-state index in [4.69, 9.17) is 9.47 Å². The van der Waals surface area contributed by atoms with Gasteiger partial charge in [0, 0.05) is 35.7 Å². The van der Waals surface area contributed by atoms with Crippen molar-refractivity contribution in [2.75, 3.05) is 19.1 Å². The maximum absolute atomic E-state index is 13.3. The number of allylic oxidation sites excluding steroid dienone is 2. The van der Waals surface area contributed by atoms with Crippen molar-refractivity contribution in [2.24, 2.45) is 0 Å². The molecule has 0 bridgehead atoms. The predicted molar refractivity (Wildman–Crippen MR) is 113 cm³/mol. The van der Waals surface area contributed by atoms with Crippen molar-refractivity contribution in [3.05, 3.63) is 58.8 Å². The molecule has 1 unspecified atom stereocenters. The summed E-state index contributed by atoms with van der Waals surface area (Å²) in [6.07, 6.45) is 2.03. The summed E-state index contributed by atoms with van der Waals surface area (Å²) < 4.78 is 10.6. The first-order valence-corrected chi connectivity index (χ1v) is 10.0. The molecule has 30 heavy (non-hydrogen) atoms. The minimum Gasteiger partial charge on any atom is -0.502 e. The van der Waals surface area contributed by atoms with Gasteiger partial charge in [-0.05, 0) is 49.6 Å². The van der Waals surface area contributed by atoms with Crippen molar-refractivity contribution < 1.29 is 24.2 Å². The minimum absolute atomic E-state index is 0.0525. The third kappa shape index (κ3) is 3.32. The molecule has 6 heteroatoms. The van der Waals surface area contributed by atoms with Gasteiger partial charge in [-0.15, -0.1) is 0 Å². The number of aryl methyl sites for hydroxylation is 1. The van der Waals surface area contributed by atoms with Gasteiger partial charge >= 0.3 is 0 Å². The van der Waals surface area contributed by atoms with Gasteiger partial charge in [0.05, 0.1) is 14.2 Å². The van der Waals surface area contributed by atoms with E-state index >= 15 is 0 Å². The van der Waals surface area contributed by atoms with Gasteiger partial charge in [-0.2, -0.15) is 0 Å². The van der Waals surface area contributed by atoms with E-state index in [1.54, 1.807) is 17.0 Å². The maximum atomic E-state index is 13.3. The Morgan fingerprint density at radius 2 is 1.63 bits per heavy atom. The second-order valence-corrected chi connectivity index (χ2v) is 7.73. The Kier molecular flexibility index (Phi) is 5.24. The molecular weight excluding hydrogens is 382 g/mol. The summed E-state index contributed by atoms with van der Waals surface area (Å²) in [7, 11) is 2.92. The molecule has 0 saturated heterocycles. The fourth-order valence-electron chi connectivity index (χ4n) is 4.39. The van der Waals surface area contributed by atoms with Crippen molar-refractivity contribution in [1.82, 2.24) is 0 Å². The number of anilines is 1. The lowest BCUT2D eigenvalue weighted by Gasteiger charge is -2.38. The first kappa shape index (κ1) is 20.0. The summed E-state index contributed by atoms with van der Waals surface area (Å²) in [5.41, 5.74) is 4.07. The predicted octanol–water partition coefficient (Wildman–Crippen LogP) is 4.25. The van der Waals surface area contributed by atoms with Gasteiger partial charge in [-0.25, -0.2) is 0 Å². The summed E-state index contributed by atoms with van der Waals surface area (Å²) in [5, 5.41) is 10.3. The number of hydrogen-bond donors (Lipinski definition) is 1. The third-order valence-corrected chi connectivity index (χ3v) is 5.87. The Morgan fingerprint density at radius 3 is 2.23 bits per heavy atom. The molecule has 1 aliphatic heterocycles. The zero-order valence-electron chi connectivity index (χ0n) is 17.4. The molecule has 1 amide bonds. The topological polar surface area (TPSA) is 76.1 Å². The van der Waals surface area contributed by atoms with E-state index in [9.17, 15) is 14.7 Å². The molecular formula is C24H25NO5. The number of aromatic hydroxyl groups is 1. The number of ketones is 1. The van der Waals surface area contributed by atoms with E-state index in [-0.39, 0.29) is 35.4 Å². The molecule has 0 saturated carbocycles. The van der Waals surface area contributed by atoms with Gasteiger partial charge in [0.1, 0.15) is 0 Å². The first-order valence-electron chi connectivity index (χ1n) is 10.0. The van der Waals surface area contributed by atoms with Crippen LogP contribution >= 0.6 is 0 Å². The number of phenols is 1. The quantitative estimate of drug-likeness (QED) is 0.820. The van der Waals surface area contributed by atoms with Crippen LogP contribution in [0.2, 0.25) is 0 Å². The number of carbonyl (C=O) groups is 2. The SMILES string of the molecule is COc1cc(C2CC(=O)N(c3ccc(C)cc3)C3=C2C(=O)CCC3)cc(OC)c1O. The molecule has 0 fully saturated rings. The summed E-state index contributed by atoms with van der Waals surface area (Å²) in [6, 6.07) is 11.1. The van der Waals surface area contributed by atoms with Crippen LogP contribution < -0.4 is 14.4 Å². The van der Waals surface area contributed by atoms with E-state index in [0.29, 0.717) is 18.4 Å². The van der Waals surface area contributed by atoms with Crippen LogP contribution in [0.15, 0.2) is 47.7 Å². The van der Waals surface area contributed by atoms with Crippen LogP contribution in [0.25, 0.3) is 0 Å². The standard InChI is InChI=1S/C24H25NO5/c1-14-7-9-16(10-8-14)25-18-5-4-6-19(26)23(18)17(13-22(25)27)15-11-20(29-2)24(28)21(12-15)30-3/h7-12,17,28H,4-6,13H2,1-3H3. The minimum atomic E-state index is -0.398. The number of rotatable bonds is 4. The summed E-state index contributed by atoms with van der Waals surface area (Å²) >= 11 is 0. The van der Waals surface area contributed by atoms with Crippen molar-refractivity contribution in [3.8, 4) is 17.2 Å². The number of nitrogens with zero attached hydrogens (tertiary/aromatic N) is 1. The molecule has 0 radical (unpaired) electrons. The molecule has 4 rings (SSSR count). The van der Waals surface area contributed by atoms with Crippen LogP contribution in [0.4, 0.5) is 5.69 Å². The maximum Gasteiger partial charge on any atom is 0.232 e. The van der Waals surface area contributed by atoms with Crippen LogP contribution in [-0.2, 0) is 9.59 Å². The summed E-state index contributed by atoms with van der Waals surface area (Å²) in [4.78, 5) is 28.0. The number of benzene rings is 2. The van der Waals surface area contributed by atoms with Crippen molar-refractivity contribution >= 4 is 17.4 Å². The lowest BCUT2D eigenvalue weighted by molar-refractivity contribution is -0.119. The number of hydrogen-bond acceptors (Lipinski definition) is 5. The van der Waals surface area contributed by atoms with Crippen LogP contribution in [0.5, 0.6) is 17.2 Å². The molecule has 2 aliphatic rings. The number of ether oxygens (including phenoxy) is 2.